The van der Waals surface area contributed by atoms with Gasteiger partial charge in [0.1, 0.15) is 23.7 Å². The summed E-state index contributed by atoms with van der Waals surface area (Å²) in [6.07, 6.45) is 2.93. The zero-order valence-electron chi connectivity index (χ0n) is 11.9. The summed E-state index contributed by atoms with van der Waals surface area (Å²) in [7, 11) is 1.56. The molecule has 0 fully saturated rings. The van der Waals surface area contributed by atoms with Crippen molar-refractivity contribution in [2.75, 3.05) is 12.4 Å². The summed E-state index contributed by atoms with van der Waals surface area (Å²) in [6, 6.07) is 7.30. The number of anilines is 1. The maximum absolute atomic E-state index is 9.19. The molecule has 2 heterocycles. The molecule has 23 heavy (non-hydrogen) atoms. The molecule has 3 aromatic rings. The highest BCUT2D eigenvalue weighted by Gasteiger charge is 2.09. The fraction of sp³-hybridized carbons (Fsp3) is 0.0833. The van der Waals surface area contributed by atoms with Gasteiger partial charge < -0.3 is 10.1 Å². The quantitative estimate of drug-likeness (QED) is 0.629. The van der Waals surface area contributed by atoms with Crippen LogP contribution in [0, 0.1) is 11.3 Å². The third-order valence-electron chi connectivity index (χ3n) is 2.88. The first-order valence-corrected chi connectivity index (χ1v) is 6.34. The second-order valence-electron chi connectivity index (χ2n) is 4.19. The van der Waals surface area contributed by atoms with E-state index in [0.717, 1.165) is 0 Å². The normalized spacial score (nSPS) is 11.0. The SMILES string of the molecule is COc1ccc(-n2cnnn2)c(NC=C(C#N)c2nn[nH]n2)c1. The van der Waals surface area contributed by atoms with Crippen LogP contribution >= 0.6 is 0 Å². The lowest BCUT2D eigenvalue weighted by molar-refractivity contribution is 0.415. The molecule has 11 nitrogen and oxygen atoms in total. The van der Waals surface area contributed by atoms with Gasteiger partial charge in [-0.2, -0.15) is 15.2 Å². The van der Waals surface area contributed by atoms with Gasteiger partial charge >= 0.3 is 0 Å². The number of hydrogen-bond donors (Lipinski definition) is 2. The number of nitriles is 1. The van der Waals surface area contributed by atoms with Gasteiger partial charge in [0.05, 0.1) is 18.5 Å². The average Bonchev–Trinajstić information content (AvgIpc) is 3.29. The first-order valence-electron chi connectivity index (χ1n) is 6.34. The fourth-order valence-electron chi connectivity index (χ4n) is 1.80. The van der Waals surface area contributed by atoms with E-state index in [1.807, 2.05) is 6.07 Å². The van der Waals surface area contributed by atoms with Crippen molar-refractivity contribution < 1.29 is 4.74 Å². The minimum absolute atomic E-state index is 0.187. The Labute approximate surface area is 129 Å². The zero-order valence-corrected chi connectivity index (χ0v) is 11.9. The van der Waals surface area contributed by atoms with Crippen LogP contribution in [0.15, 0.2) is 30.7 Å². The summed E-state index contributed by atoms with van der Waals surface area (Å²) in [5, 5.41) is 36.5. The van der Waals surface area contributed by atoms with E-state index in [4.69, 9.17) is 4.74 Å². The van der Waals surface area contributed by atoms with Gasteiger partial charge in [-0.1, -0.05) is 0 Å². The second kappa shape index (κ2) is 6.31. The third-order valence-corrected chi connectivity index (χ3v) is 2.88. The molecule has 2 N–H and O–H groups in total. The topological polar surface area (TPSA) is 143 Å². The van der Waals surface area contributed by atoms with Gasteiger partial charge in [0.15, 0.2) is 0 Å². The highest BCUT2D eigenvalue weighted by Crippen LogP contribution is 2.25. The van der Waals surface area contributed by atoms with Gasteiger partial charge in [-0.25, -0.2) is 0 Å². The lowest BCUT2D eigenvalue weighted by atomic mass is 10.2. The van der Waals surface area contributed by atoms with E-state index >= 15 is 0 Å². The van der Waals surface area contributed by atoms with Gasteiger partial charge in [0.2, 0.25) is 5.82 Å². The van der Waals surface area contributed by atoms with Crippen LogP contribution < -0.4 is 10.1 Å². The van der Waals surface area contributed by atoms with E-state index in [-0.39, 0.29) is 11.4 Å². The molecule has 0 bridgehead atoms. The molecule has 1 aromatic carbocycles. The Hall–Kier alpha value is -3.81. The smallest absolute Gasteiger partial charge is 0.216 e. The number of aromatic nitrogens is 8. The van der Waals surface area contributed by atoms with Crippen LogP contribution in [-0.4, -0.2) is 47.9 Å². The van der Waals surface area contributed by atoms with E-state index in [2.05, 4.69) is 41.5 Å². The Morgan fingerprint density at radius 1 is 1.48 bits per heavy atom. The molecule has 114 valence electrons. The Balaban J connectivity index is 1.97. The minimum atomic E-state index is 0.187. The van der Waals surface area contributed by atoms with Gasteiger partial charge in [-0.15, -0.1) is 15.3 Å². The van der Waals surface area contributed by atoms with E-state index < -0.39 is 0 Å². The second-order valence-corrected chi connectivity index (χ2v) is 4.19. The van der Waals surface area contributed by atoms with Gasteiger partial charge in [0, 0.05) is 12.3 Å². The van der Waals surface area contributed by atoms with Crippen LogP contribution in [0.25, 0.3) is 11.3 Å². The number of hydrogen-bond acceptors (Lipinski definition) is 9. The molecule has 2 aromatic heterocycles. The summed E-state index contributed by atoms with van der Waals surface area (Å²) in [5.74, 6) is 0.822. The number of aromatic amines is 1. The molecule has 11 heteroatoms. The molecule has 0 amide bonds. The predicted octanol–water partition coefficient (Wildman–Crippen LogP) is 0.161. The molecule has 0 aliphatic carbocycles. The van der Waals surface area contributed by atoms with E-state index in [1.54, 1.807) is 25.3 Å². The highest BCUT2D eigenvalue weighted by molar-refractivity contribution is 5.75. The lowest BCUT2D eigenvalue weighted by Crippen LogP contribution is -2.02. The number of H-pyrrole nitrogens is 1. The summed E-state index contributed by atoms with van der Waals surface area (Å²) in [6.45, 7) is 0. The minimum Gasteiger partial charge on any atom is -0.497 e. The summed E-state index contributed by atoms with van der Waals surface area (Å²) < 4.78 is 6.69. The van der Waals surface area contributed by atoms with E-state index in [9.17, 15) is 5.26 Å². The standard InChI is InChI=1S/C12H10N10O/c1-23-9-2-3-11(22-7-15-18-21-22)10(4-9)14-6-8(5-13)12-16-19-20-17-12/h2-4,6-7,14H,1H3,(H,16,17,19,20). The first-order chi connectivity index (χ1) is 11.3. The van der Waals surface area contributed by atoms with Crippen molar-refractivity contribution in [1.29, 1.82) is 5.26 Å². The van der Waals surface area contributed by atoms with Crippen LogP contribution in [0.4, 0.5) is 5.69 Å². The average molecular weight is 310 g/mol. The molecule has 0 aliphatic heterocycles. The van der Waals surface area contributed by atoms with Crippen molar-refractivity contribution >= 4 is 11.3 Å². The summed E-state index contributed by atoms with van der Waals surface area (Å²) in [4.78, 5) is 0. The Morgan fingerprint density at radius 2 is 2.39 bits per heavy atom. The Morgan fingerprint density at radius 3 is 3.04 bits per heavy atom. The lowest BCUT2D eigenvalue weighted by Gasteiger charge is -2.10. The zero-order chi connectivity index (χ0) is 16.1. The first kappa shape index (κ1) is 14.1. The molecular weight excluding hydrogens is 300 g/mol. The maximum atomic E-state index is 9.19. The molecule has 0 atom stereocenters. The van der Waals surface area contributed by atoms with Gasteiger partial charge in [-0.05, 0) is 27.8 Å². The molecule has 0 saturated heterocycles. The van der Waals surface area contributed by atoms with Crippen molar-refractivity contribution in [3.8, 4) is 17.5 Å². The van der Waals surface area contributed by atoms with Crippen molar-refractivity contribution in [1.82, 2.24) is 40.8 Å². The predicted molar refractivity (Wildman–Crippen MR) is 77.1 cm³/mol. The van der Waals surface area contributed by atoms with Crippen LogP contribution in [-0.2, 0) is 0 Å². The van der Waals surface area contributed by atoms with E-state index in [0.29, 0.717) is 17.1 Å². The molecule has 0 saturated carbocycles. The summed E-state index contributed by atoms with van der Waals surface area (Å²) in [5.41, 5.74) is 1.52. The Bertz CT molecular complexity index is 847. The number of nitrogens with zero attached hydrogens (tertiary/aromatic N) is 8. The number of methoxy groups -OCH3 is 1. The molecule has 0 unspecified atom stereocenters. The van der Waals surface area contributed by atoms with E-state index in [1.165, 1.54) is 17.2 Å². The van der Waals surface area contributed by atoms with Crippen molar-refractivity contribution in [2.24, 2.45) is 0 Å². The number of benzene rings is 1. The largest absolute Gasteiger partial charge is 0.497 e. The van der Waals surface area contributed by atoms with Gasteiger partial charge in [0.25, 0.3) is 0 Å². The van der Waals surface area contributed by atoms with Crippen LogP contribution in [0.2, 0.25) is 0 Å². The van der Waals surface area contributed by atoms with Crippen molar-refractivity contribution in [2.45, 2.75) is 0 Å². The molecule has 0 spiro atoms. The van der Waals surface area contributed by atoms with Gasteiger partial charge in [-0.3, -0.25) is 0 Å². The number of tetrazole rings is 2. The van der Waals surface area contributed by atoms with Crippen LogP contribution in [0.3, 0.4) is 0 Å². The maximum Gasteiger partial charge on any atom is 0.216 e. The van der Waals surface area contributed by atoms with Crippen molar-refractivity contribution in [3.05, 3.63) is 36.6 Å². The number of allylic oxidation sites excluding steroid dienone is 1. The third kappa shape index (κ3) is 2.95. The van der Waals surface area contributed by atoms with Crippen LogP contribution in [0.1, 0.15) is 5.82 Å². The molecule has 0 radical (unpaired) electrons. The molecular formula is C12H10N10O. The Kier molecular flexibility index (Phi) is 3.88. The molecule has 3 rings (SSSR count). The van der Waals surface area contributed by atoms with Crippen LogP contribution in [0.5, 0.6) is 5.75 Å². The fourth-order valence-corrected chi connectivity index (χ4v) is 1.80. The number of ether oxygens (including phenoxy) is 1. The molecule has 0 aliphatic rings. The highest BCUT2D eigenvalue weighted by atomic mass is 16.5. The van der Waals surface area contributed by atoms with Crippen molar-refractivity contribution in [3.63, 3.8) is 0 Å². The number of rotatable bonds is 5. The summed E-state index contributed by atoms with van der Waals surface area (Å²) >= 11 is 0. The number of nitrogens with one attached hydrogen (secondary N) is 2. The monoisotopic (exact) mass is 310 g/mol.